The van der Waals surface area contributed by atoms with Crippen molar-refractivity contribution in [2.24, 2.45) is 0 Å². The lowest BCUT2D eigenvalue weighted by atomic mass is 9.86. The summed E-state index contributed by atoms with van der Waals surface area (Å²) >= 11 is 19.5. The number of anilines is 2. The minimum atomic E-state index is -0.247. The molecule has 36 heavy (non-hydrogen) atoms. The summed E-state index contributed by atoms with van der Waals surface area (Å²) in [4.78, 5) is 8.99. The summed E-state index contributed by atoms with van der Waals surface area (Å²) in [6.45, 7) is 6.56. The summed E-state index contributed by atoms with van der Waals surface area (Å²) in [5, 5.41) is 5.26. The van der Waals surface area contributed by atoms with Crippen LogP contribution >= 0.6 is 35.4 Å². The first kappa shape index (κ1) is 24.9. The number of hydrogen-bond acceptors (Lipinski definition) is 4. The molecule has 2 aliphatic heterocycles. The Morgan fingerprint density at radius 3 is 2.53 bits per heavy atom. The summed E-state index contributed by atoms with van der Waals surface area (Å²) in [7, 11) is 3.70. The normalized spacial score (nSPS) is 20.6. The molecule has 3 heterocycles. The SMILES string of the molecule is COc1ccc(N2C(=S)N[C@@H](c3ccccn3)[C@H]2c2cc3c(cc2Cl)N(C)C(C)(C)C=C3C)cc1Cl. The molecule has 1 N–H and O–H groups in total. The molecular formula is C28H28Cl2N4OS. The lowest BCUT2D eigenvalue weighted by Crippen LogP contribution is -2.42. The van der Waals surface area contributed by atoms with Gasteiger partial charge >= 0.3 is 0 Å². The van der Waals surface area contributed by atoms with E-state index in [2.05, 4.69) is 66.1 Å². The summed E-state index contributed by atoms with van der Waals surface area (Å²) in [6.07, 6.45) is 4.09. The van der Waals surface area contributed by atoms with Gasteiger partial charge in [-0.15, -0.1) is 0 Å². The summed E-state index contributed by atoms with van der Waals surface area (Å²) in [5.74, 6) is 0.606. The molecule has 0 amide bonds. The van der Waals surface area contributed by atoms with Crippen molar-refractivity contribution >= 4 is 57.5 Å². The Morgan fingerprint density at radius 2 is 1.86 bits per heavy atom. The molecule has 0 bridgehead atoms. The summed E-state index contributed by atoms with van der Waals surface area (Å²) in [5.41, 5.74) is 6.06. The van der Waals surface area contributed by atoms with Gasteiger partial charge in [-0.3, -0.25) is 4.98 Å². The number of nitrogens with one attached hydrogen (secondary N) is 1. The number of pyridine rings is 1. The van der Waals surface area contributed by atoms with E-state index in [0.717, 1.165) is 28.2 Å². The highest BCUT2D eigenvalue weighted by Crippen LogP contribution is 2.48. The van der Waals surface area contributed by atoms with Gasteiger partial charge in [0.25, 0.3) is 0 Å². The first-order valence-electron chi connectivity index (χ1n) is 11.7. The van der Waals surface area contributed by atoms with Crippen LogP contribution in [0, 0.1) is 0 Å². The number of methoxy groups -OCH3 is 1. The predicted octanol–water partition coefficient (Wildman–Crippen LogP) is 7.21. The third-order valence-corrected chi connectivity index (χ3v) is 8.10. The van der Waals surface area contributed by atoms with Gasteiger partial charge in [0.2, 0.25) is 0 Å². The Hall–Kier alpha value is -2.80. The smallest absolute Gasteiger partial charge is 0.174 e. The highest BCUT2D eigenvalue weighted by atomic mass is 35.5. The number of fused-ring (bicyclic) bond motifs is 1. The van der Waals surface area contributed by atoms with E-state index in [9.17, 15) is 0 Å². The molecule has 2 aromatic carbocycles. The number of ether oxygens (including phenoxy) is 1. The number of rotatable bonds is 4. The number of benzene rings is 2. The second-order valence-electron chi connectivity index (χ2n) is 9.75. The molecule has 8 heteroatoms. The molecule has 5 nitrogen and oxygen atoms in total. The molecule has 1 saturated heterocycles. The Labute approximate surface area is 227 Å². The second kappa shape index (κ2) is 9.25. The van der Waals surface area contributed by atoms with E-state index in [4.69, 9.17) is 40.2 Å². The van der Waals surface area contributed by atoms with E-state index in [0.29, 0.717) is 20.9 Å². The van der Waals surface area contributed by atoms with Crippen LogP contribution in [0.25, 0.3) is 5.57 Å². The molecule has 186 valence electrons. The Morgan fingerprint density at radius 1 is 1.08 bits per heavy atom. The molecule has 1 fully saturated rings. The maximum absolute atomic E-state index is 7.07. The van der Waals surface area contributed by atoms with Crippen molar-refractivity contribution in [1.29, 1.82) is 0 Å². The van der Waals surface area contributed by atoms with Crippen LogP contribution in [0.2, 0.25) is 10.0 Å². The molecule has 3 aromatic rings. The van der Waals surface area contributed by atoms with Gasteiger partial charge < -0.3 is 19.9 Å². The minimum absolute atomic E-state index is 0.110. The molecule has 1 aromatic heterocycles. The molecule has 0 saturated carbocycles. The molecule has 2 aliphatic rings. The number of likely N-dealkylation sites (N-methyl/N-ethyl adjacent to an activating group) is 1. The number of aromatic nitrogens is 1. The predicted molar refractivity (Wildman–Crippen MR) is 154 cm³/mol. The lowest BCUT2D eigenvalue weighted by Gasteiger charge is -2.41. The Balaban J connectivity index is 1.70. The average molecular weight is 540 g/mol. The van der Waals surface area contributed by atoms with Crippen molar-refractivity contribution in [3.63, 3.8) is 0 Å². The van der Waals surface area contributed by atoms with Gasteiger partial charge in [0.1, 0.15) is 5.75 Å². The van der Waals surface area contributed by atoms with E-state index in [-0.39, 0.29) is 17.6 Å². The van der Waals surface area contributed by atoms with Crippen molar-refractivity contribution < 1.29 is 4.74 Å². The third kappa shape index (κ3) is 4.11. The maximum atomic E-state index is 7.07. The van der Waals surface area contributed by atoms with Crippen LogP contribution in [0.1, 0.15) is 49.7 Å². The van der Waals surface area contributed by atoms with Crippen LogP contribution in [0.3, 0.4) is 0 Å². The maximum Gasteiger partial charge on any atom is 0.174 e. The molecular weight excluding hydrogens is 511 g/mol. The average Bonchev–Trinajstić information content (AvgIpc) is 3.19. The zero-order valence-electron chi connectivity index (χ0n) is 20.8. The van der Waals surface area contributed by atoms with E-state index in [1.807, 2.05) is 36.4 Å². The summed E-state index contributed by atoms with van der Waals surface area (Å²) < 4.78 is 5.37. The Bertz CT molecular complexity index is 1380. The minimum Gasteiger partial charge on any atom is -0.495 e. The largest absolute Gasteiger partial charge is 0.495 e. The molecule has 2 atom stereocenters. The van der Waals surface area contributed by atoms with Gasteiger partial charge in [-0.05, 0) is 86.6 Å². The van der Waals surface area contributed by atoms with Gasteiger partial charge in [-0.1, -0.05) is 35.3 Å². The third-order valence-electron chi connectivity index (χ3n) is 7.17. The van der Waals surface area contributed by atoms with E-state index >= 15 is 0 Å². The van der Waals surface area contributed by atoms with Gasteiger partial charge in [0.05, 0.1) is 35.4 Å². The number of halogens is 2. The van der Waals surface area contributed by atoms with Crippen LogP contribution in [0.4, 0.5) is 11.4 Å². The van der Waals surface area contributed by atoms with Crippen molar-refractivity contribution in [2.45, 2.75) is 38.4 Å². The molecule has 0 radical (unpaired) electrons. The van der Waals surface area contributed by atoms with E-state index in [1.165, 1.54) is 5.57 Å². The van der Waals surface area contributed by atoms with Crippen LogP contribution in [0.15, 0.2) is 60.8 Å². The van der Waals surface area contributed by atoms with Crippen LogP contribution in [0.5, 0.6) is 5.75 Å². The zero-order chi connectivity index (χ0) is 25.8. The number of nitrogens with zero attached hydrogens (tertiary/aromatic N) is 3. The Kier molecular flexibility index (Phi) is 6.39. The standard InChI is InChI=1S/C28H28Cl2N4OS/c1-16-15-28(2,3)33(4)23-14-20(29)19(13-18(16)23)26-25(22-8-6-7-11-31-22)32-27(36)34(26)17-9-10-24(35-5)21(30)12-17/h6-15,25-26H,1-5H3,(H,32,36)/t25-,26+/m0/s1. The van der Waals surface area contributed by atoms with Crippen LogP contribution in [-0.4, -0.2) is 29.8 Å². The summed E-state index contributed by atoms with van der Waals surface area (Å²) in [6, 6.07) is 15.4. The first-order chi connectivity index (χ1) is 17.1. The number of thiocarbonyl (C=S) groups is 1. The van der Waals surface area contributed by atoms with Gasteiger partial charge in [-0.2, -0.15) is 0 Å². The van der Waals surface area contributed by atoms with Crippen molar-refractivity contribution in [1.82, 2.24) is 10.3 Å². The zero-order valence-corrected chi connectivity index (χ0v) is 23.2. The van der Waals surface area contributed by atoms with E-state index < -0.39 is 0 Å². The lowest BCUT2D eigenvalue weighted by molar-refractivity contribution is 0.415. The quantitative estimate of drug-likeness (QED) is 0.354. The number of hydrogen-bond donors (Lipinski definition) is 1. The second-order valence-corrected chi connectivity index (χ2v) is 10.9. The highest BCUT2D eigenvalue weighted by molar-refractivity contribution is 7.80. The molecule has 5 rings (SSSR count). The number of allylic oxidation sites excluding steroid dienone is 1. The van der Waals surface area contributed by atoms with Crippen LogP contribution in [-0.2, 0) is 0 Å². The van der Waals surface area contributed by atoms with Crippen LogP contribution < -0.4 is 19.9 Å². The topological polar surface area (TPSA) is 40.6 Å². The van der Waals surface area contributed by atoms with Crippen molar-refractivity contribution in [3.8, 4) is 5.75 Å². The fraction of sp³-hybridized carbons (Fsp3) is 0.286. The molecule has 0 aliphatic carbocycles. The van der Waals surface area contributed by atoms with Gasteiger partial charge in [0.15, 0.2) is 5.11 Å². The first-order valence-corrected chi connectivity index (χ1v) is 12.9. The fourth-order valence-electron chi connectivity index (χ4n) is 5.17. The van der Waals surface area contributed by atoms with Crippen molar-refractivity contribution in [3.05, 3.63) is 87.7 Å². The molecule has 0 spiro atoms. The van der Waals surface area contributed by atoms with E-state index in [1.54, 1.807) is 13.3 Å². The van der Waals surface area contributed by atoms with Crippen molar-refractivity contribution in [2.75, 3.05) is 24.0 Å². The van der Waals surface area contributed by atoms with Gasteiger partial charge in [0, 0.05) is 35.2 Å². The fourth-order valence-corrected chi connectivity index (χ4v) is 6.04. The monoisotopic (exact) mass is 538 g/mol. The molecule has 0 unspecified atom stereocenters. The van der Waals surface area contributed by atoms with Gasteiger partial charge in [-0.25, -0.2) is 0 Å². The highest BCUT2D eigenvalue weighted by Gasteiger charge is 2.42.